The van der Waals surface area contributed by atoms with Gasteiger partial charge in [0.1, 0.15) is 5.82 Å². The molecule has 2 aromatic rings. The third kappa shape index (κ3) is 3.12. The van der Waals surface area contributed by atoms with Crippen LogP contribution < -0.4 is 0 Å². The van der Waals surface area contributed by atoms with Crippen LogP contribution in [0.5, 0.6) is 0 Å². The number of tetrazole rings is 1. The van der Waals surface area contributed by atoms with Gasteiger partial charge in [-0.15, -0.1) is 5.10 Å². The first-order chi connectivity index (χ1) is 9.08. The van der Waals surface area contributed by atoms with Gasteiger partial charge in [0.25, 0.3) is 0 Å². The van der Waals surface area contributed by atoms with Gasteiger partial charge in [-0.1, -0.05) is 19.1 Å². The molecule has 0 bridgehead atoms. The first-order valence-corrected chi connectivity index (χ1v) is 5.83. The second-order valence-corrected chi connectivity index (χ2v) is 4.26. The number of benzene rings is 1. The predicted octanol–water partition coefficient (Wildman–Crippen LogP) is 1.59. The van der Waals surface area contributed by atoms with E-state index in [2.05, 4.69) is 15.5 Å². The highest BCUT2D eigenvalue weighted by Gasteiger charge is 2.14. The molecule has 100 valence electrons. The average Bonchev–Trinajstić information content (AvgIpc) is 2.84. The van der Waals surface area contributed by atoms with Gasteiger partial charge in [0.2, 0.25) is 0 Å². The Bertz CT molecular complexity index is 585. The van der Waals surface area contributed by atoms with E-state index in [1.165, 1.54) is 16.8 Å². The standard InChI is InChI=1S/C12H13FN4O2/c1-8(12(18)19)5-6-17-11(14-15-16-17)9-3-2-4-10(13)7-9/h2-4,7-8H,5-6H2,1H3,(H,18,19). The molecule has 6 nitrogen and oxygen atoms in total. The van der Waals surface area contributed by atoms with Crippen LogP contribution in [0, 0.1) is 11.7 Å². The SMILES string of the molecule is CC(CCn1nnnc1-c1cccc(F)c1)C(=O)O. The number of aryl methyl sites for hydroxylation is 1. The molecule has 1 N–H and O–H groups in total. The Morgan fingerprint density at radius 3 is 3.00 bits per heavy atom. The molecule has 0 radical (unpaired) electrons. The van der Waals surface area contributed by atoms with Crippen LogP contribution in [0.25, 0.3) is 11.4 Å². The molecule has 0 aliphatic rings. The van der Waals surface area contributed by atoms with Gasteiger partial charge < -0.3 is 5.11 Å². The summed E-state index contributed by atoms with van der Waals surface area (Å²) < 4.78 is 14.6. The van der Waals surface area contributed by atoms with Crippen LogP contribution in [0.1, 0.15) is 13.3 Å². The van der Waals surface area contributed by atoms with E-state index in [0.29, 0.717) is 24.4 Å². The molecular formula is C12H13FN4O2. The Labute approximate surface area is 108 Å². The van der Waals surface area contributed by atoms with Crippen LogP contribution in [0.2, 0.25) is 0 Å². The van der Waals surface area contributed by atoms with Crippen molar-refractivity contribution in [3.8, 4) is 11.4 Å². The van der Waals surface area contributed by atoms with Gasteiger partial charge >= 0.3 is 5.97 Å². The summed E-state index contributed by atoms with van der Waals surface area (Å²) in [5, 5.41) is 20.0. The number of hydrogen-bond donors (Lipinski definition) is 1. The van der Waals surface area contributed by atoms with Gasteiger partial charge in [-0.2, -0.15) is 0 Å². The second-order valence-electron chi connectivity index (χ2n) is 4.26. The minimum atomic E-state index is -0.861. The molecule has 0 aliphatic carbocycles. The average molecular weight is 264 g/mol. The van der Waals surface area contributed by atoms with Crippen molar-refractivity contribution >= 4 is 5.97 Å². The summed E-state index contributed by atoms with van der Waals surface area (Å²) >= 11 is 0. The summed E-state index contributed by atoms with van der Waals surface area (Å²) in [6.45, 7) is 1.99. The zero-order chi connectivity index (χ0) is 13.8. The Balaban J connectivity index is 2.16. The normalized spacial score (nSPS) is 12.3. The molecule has 0 saturated carbocycles. The molecule has 1 aromatic heterocycles. The molecule has 2 rings (SSSR count). The lowest BCUT2D eigenvalue weighted by molar-refractivity contribution is -0.141. The van der Waals surface area contributed by atoms with E-state index >= 15 is 0 Å². The fourth-order valence-corrected chi connectivity index (χ4v) is 1.63. The number of nitrogens with zero attached hydrogens (tertiary/aromatic N) is 4. The molecular weight excluding hydrogens is 251 g/mol. The van der Waals surface area contributed by atoms with Crippen LogP contribution in [-0.4, -0.2) is 31.3 Å². The van der Waals surface area contributed by atoms with E-state index in [1.807, 2.05) is 0 Å². The summed E-state index contributed by atoms with van der Waals surface area (Å²) in [6, 6.07) is 5.95. The number of rotatable bonds is 5. The molecule has 0 fully saturated rings. The third-order valence-electron chi connectivity index (χ3n) is 2.81. The summed E-state index contributed by atoms with van der Waals surface area (Å²) in [4.78, 5) is 10.7. The molecule has 7 heteroatoms. The largest absolute Gasteiger partial charge is 0.481 e. The molecule has 1 aromatic carbocycles. The zero-order valence-electron chi connectivity index (χ0n) is 10.3. The fraction of sp³-hybridized carbons (Fsp3) is 0.333. The van der Waals surface area contributed by atoms with Crippen molar-refractivity contribution in [1.82, 2.24) is 20.2 Å². The van der Waals surface area contributed by atoms with Gasteiger partial charge in [0.05, 0.1) is 5.92 Å². The number of hydrogen-bond acceptors (Lipinski definition) is 4. The quantitative estimate of drug-likeness (QED) is 0.886. The Kier molecular flexibility index (Phi) is 3.84. The van der Waals surface area contributed by atoms with Crippen molar-refractivity contribution in [2.75, 3.05) is 0 Å². The lowest BCUT2D eigenvalue weighted by Gasteiger charge is -2.07. The highest BCUT2D eigenvalue weighted by molar-refractivity contribution is 5.69. The fourth-order valence-electron chi connectivity index (χ4n) is 1.63. The van der Waals surface area contributed by atoms with Crippen LogP contribution in [-0.2, 0) is 11.3 Å². The molecule has 1 heterocycles. The third-order valence-corrected chi connectivity index (χ3v) is 2.81. The molecule has 0 amide bonds. The highest BCUT2D eigenvalue weighted by Crippen LogP contribution is 2.17. The lowest BCUT2D eigenvalue weighted by Crippen LogP contribution is -2.14. The van der Waals surface area contributed by atoms with Gasteiger partial charge in [0.15, 0.2) is 5.82 Å². The number of aliphatic carboxylic acids is 1. The van der Waals surface area contributed by atoms with Crippen LogP contribution in [0.3, 0.4) is 0 Å². The van der Waals surface area contributed by atoms with E-state index in [1.54, 1.807) is 19.1 Å². The second kappa shape index (κ2) is 5.55. The van der Waals surface area contributed by atoms with E-state index in [9.17, 15) is 9.18 Å². The monoisotopic (exact) mass is 264 g/mol. The number of carbonyl (C=O) groups is 1. The number of halogens is 1. The van der Waals surface area contributed by atoms with Gasteiger partial charge in [0, 0.05) is 12.1 Å². The van der Waals surface area contributed by atoms with Crippen molar-refractivity contribution in [2.45, 2.75) is 19.9 Å². The molecule has 0 aliphatic heterocycles. The summed E-state index contributed by atoms with van der Waals surface area (Å²) in [5.74, 6) is -1.28. The number of aromatic nitrogens is 4. The molecule has 0 spiro atoms. The number of carboxylic acids is 1. The van der Waals surface area contributed by atoms with Crippen molar-refractivity contribution in [3.63, 3.8) is 0 Å². The Morgan fingerprint density at radius 1 is 1.53 bits per heavy atom. The van der Waals surface area contributed by atoms with E-state index in [4.69, 9.17) is 5.11 Å². The summed E-state index contributed by atoms with van der Waals surface area (Å²) in [6.07, 6.45) is 0.405. The van der Waals surface area contributed by atoms with Crippen molar-refractivity contribution < 1.29 is 14.3 Å². The molecule has 1 atom stereocenters. The molecule has 19 heavy (non-hydrogen) atoms. The van der Waals surface area contributed by atoms with Crippen LogP contribution >= 0.6 is 0 Å². The topological polar surface area (TPSA) is 80.9 Å². The maximum atomic E-state index is 13.2. The molecule has 1 unspecified atom stereocenters. The van der Waals surface area contributed by atoms with Crippen LogP contribution in [0.15, 0.2) is 24.3 Å². The van der Waals surface area contributed by atoms with Gasteiger partial charge in [-0.3, -0.25) is 4.79 Å². The lowest BCUT2D eigenvalue weighted by atomic mass is 10.1. The Hall–Kier alpha value is -2.31. The first-order valence-electron chi connectivity index (χ1n) is 5.83. The minimum absolute atomic E-state index is 0.367. The highest BCUT2D eigenvalue weighted by atomic mass is 19.1. The predicted molar refractivity (Wildman–Crippen MR) is 64.6 cm³/mol. The van der Waals surface area contributed by atoms with Gasteiger partial charge in [-0.25, -0.2) is 9.07 Å². The van der Waals surface area contributed by atoms with Crippen molar-refractivity contribution in [2.24, 2.45) is 5.92 Å². The minimum Gasteiger partial charge on any atom is -0.481 e. The summed E-state index contributed by atoms with van der Waals surface area (Å²) in [5.41, 5.74) is 0.563. The number of carboxylic acid groups (broad SMARTS) is 1. The van der Waals surface area contributed by atoms with Gasteiger partial charge in [-0.05, 0) is 29.0 Å². The summed E-state index contributed by atoms with van der Waals surface area (Å²) in [7, 11) is 0. The zero-order valence-corrected chi connectivity index (χ0v) is 10.3. The Morgan fingerprint density at radius 2 is 2.32 bits per heavy atom. The van der Waals surface area contributed by atoms with Crippen molar-refractivity contribution in [1.29, 1.82) is 0 Å². The smallest absolute Gasteiger partial charge is 0.306 e. The van der Waals surface area contributed by atoms with Crippen LogP contribution in [0.4, 0.5) is 4.39 Å². The molecule has 0 saturated heterocycles. The van der Waals surface area contributed by atoms with E-state index in [-0.39, 0.29) is 5.82 Å². The van der Waals surface area contributed by atoms with E-state index < -0.39 is 11.9 Å². The maximum Gasteiger partial charge on any atom is 0.306 e. The maximum absolute atomic E-state index is 13.2. The first kappa shape index (κ1) is 13.1. The van der Waals surface area contributed by atoms with Crippen molar-refractivity contribution in [3.05, 3.63) is 30.1 Å². The van der Waals surface area contributed by atoms with E-state index in [0.717, 1.165) is 0 Å².